The van der Waals surface area contributed by atoms with Gasteiger partial charge in [0.1, 0.15) is 5.25 Å². The summed E-state index contributed by atoms with van der Waals surface area (Å²) < 4.78 is 39.9. The number of methoxy groups -OCH3 is 2. The minimum Gasteiger partial charge on any atom is -0.493 e. The second kappa shape index (κ2) is 6.19. The van der Waals surface area contributed by atoms with Crippen LogP contribution in [-0.4, -0.2) is 38.5 Å². The minimum absolute atomic E-state index is 0.162. The molecule has 0 saturated carbocycles. The number of benzene rings is 1. The lowest BCUT2D eigenvalue weighted by molar-refractivity contribution is 0.355. The third-order valence-electron chi connectivity index (χ3n) is 3.94. The maximum absolute atomic E-state index is 12.1. The van der Waals surface area contributed by atoms with Crippen molar-refractivity contribution in [1.82, 2.24) is 10.1 Å². The van der Waals surface area contributed by atoms with Crippen LogP contribution < -0.4 is 9.47 Å². The Morgan fingerprint density at radius 3 is 2.65 bits per heavy atom. The molecule has 1 fully saturated rings. The molecule has 1 aromatic heterocycles. The van der Waals surface area contributed by atoms with Crippen LogP contribution >= 0.6 is 0 Å². The minimum atomic E-state index is -3.21. The maximum atomic E-state index is 12.1. The summed E-state index contributed by atoms with van der Waals surface area (Å²) in [6.45, 7) is 0. The molecule has 0 radical (unpaired) electrons. The van der Waals surface area contributed by atoms with Crippen molar-refractivity contribution < 1.29 is 22.4 Å². The van der Waals surface area contributed by atoms with Gasteiger partial charge in [-0.05, 0) is 31.0 Å². The Morgan fingerprint density at radius 1 is 1.17 bits per heavy atom. The van der Waals surface area contributed by atoms with E-state index < -0.39 is 15.1 Å². The topological polar surface area (TPSA) is 91.5 Å². The molecule has 7 nitrogen and oxygen atoms in total. The maximum Gasteiger partial charge on any atom is 0.245 e. The molecular formula is C15H18N2O5S. The van der Waals surface area contributed by atoms with Crippen LogP contribution in [0.4, 0.5) is 0 Å². The van der Waals surface area contributed by atoms with Gasteiger partial charge in [0.05, 0.1) is 20.0 Å². The number of hydrogen-bond acceptors (Lipinski definition) is 7. The van der Waals surface area contributed by atoms with Crippen molar-refractivity contribution in [2.24, 2.45) is 0 Å². The van der Waals surface area contributed by atoms with Crippen molar-refractivity contribution in [3.63, 3.8) is 0 Å². The highest BCUT2D eigenvalue weighted by Crippen LogP contribution is 2.35. The Labute approximate surface area is 134 Å². The van der Waals surface area contributed by atoms with Gasteiger partial charge in [0.15, 0.2) is 21.3 Å². The van der Waals surface area contributed by atoms with E-state index in [-0.39, 0.29) is 11.6 Å². The zero-order valence-electron chi connectivity index (χ0n) is 13.0. The molecule has 0 spiro atoms. The quantitative estimate of drug-likeness (QED) is 0.845. The Bertz CT molecular complexity index is 800. The third kappa shape index (κ3) is 3.03. The second-order valence-corrected chi connectivity index (χ2v) is 7.68. The van der Waals surface area contributed by atoms with Crippen molar-refractivity contribution >= 4 is 9.84 Å². The largest absolute Gasteiger partial charge is 0.493 e. The van der Waals surface area contributed by atoms with Gasteiger partial charge in [-0.1, -0.05) is 11.6 Å². The van der Waals surface area contributed by atoms with Gasteiger partial charge in [-0.3, -0.25) is 0 Å². The van der Waals surface area contributed by atoms with Crippen molar-refractivity contribution in [2.45, 2.75) is 24.5 Å². The molecule has 1 saturated heterocycles. The fraction of sp³-hybridized carbons (Fsp3) is 0.467. The second-order valence-electron chi connectivity index (χ2n) is 5.38. The lowest BCUT2D eigenvalue weighted by atomic mass is 10.2. The first kappa shape index (κ1) is 15.8. The van der Waals surface area contributed by atoms with Crippen molar-refractivity contribution in [3.8, 4) is 22.9 Å². The molecule has 0 N–H and O–H groups in total. The molecule has 3 rings (SSSR count). The molecule has 2 heterocycles. The number of hydrogen-bond donors (Lipinski definition) is 0. The Kier molecular flexibility index (Phi) is 4.25. The van der Waals surface area contributed by atoms with E-state index in [0.29, 0.717) is 35.7 Å². The molecule has 2 aromatic rings. The molecule has 8 heteroatoms. The molecule has 1 atom stereocenters. The fourth-order valence-corrected chi connectivity index (χ4v) is 4.51. The van der Waals surface area contributed by atoms with Crippen LogP contribution in [0.2, 0.25) is 0 Å². The molecule has 1 aromatic carbocycles. The number of rotatable bonds is 4. The average molecular weight is 338 g/mol. The van der Waals surface area contributed by atoms with E-state index >= 15 is 0 Å². The smallest absolute Gasteiger partial charge is 0.245 e. The van der Waals surface area contributed by atoms with E-state index in [1.54, 1.807) is 25.3 Å². The van der Waals surface area contributed by atoms with E-state index in [1.807, 2.05) is 0 Å². The molecule has 0 aliphatic carbocycles. The Hall–Kier alpha value is -2.09. The van der Waals surface area contributed by atoms with Gasteiger partial charge < -0.3 is 14.0 Å². The normalized spacial score (nSPS) is 20.2. The van der Waals surface area contributed by atoms with E-state index in [4.69, 9.17) is 14.0 Å². The number of aromatic nitrogens is 2. The van der Waals surface area contributed by atoms with Crippen LogP contribution in [0.15, 0.2) is 22.7 Å². The monoisotopic (exact) mass is 338 g/mol. The van der Waals surface area contributed by atoms with Gasteiger partial charge in [-0.2, -0.15) is 4.98 Å². The first-order valence-electron chi connectivity index (χ1n) is 7.32. The van der Waals surface area contributed by atoms with Crippen LogP contribution in [-0.2, 0) is 9.84 Å². The van der Waals surface area contributed by atoms with E-state index in [1.165, 1.54) is 7.11 Å². The van der Waals surface area contributed by atoms with Crippen LogP contribution in [0, 0.1) is 0 Å². The summed E-state index contributed by atoms with van der Waals surface area (Å²) in [4.78, 5) is 4.28. The zero-order valence-corrected chi connectivity index (χ0v) is 13.8. The van der Waals surface area contributed by atoms with Crippen molar-refractivity contribution in [1.29, 1.82) is 0 Å². The number of ether oxygens (including phenoxy) is 2. The average Bonchev–Trinajstić information content (AvgIpc) is 3.03. The third-order valence-corrected chi connectivity index (χ3v) is 6.10. The van der Waals surface area contributed by atoms with Gasteiger partial charge in [-0.25, -0.2) is 8.42 Å². The van der Waals surface area contributed by atoms with Crippen molar-refractivity contribution in [3.05, 3.63) is 24.1 Å². The Balaban J connectivity index is 1.93. The standard InChI is InChI=1S/C15H18N2O5S/c1-20-11-7-6-10(9-12(11)21-2)14-16-15(22-17-14)13-5-3-4-8-23(13,18)19/h6-7,9,13H,3-5,8H2,1-2H3. The zero-order chi connectivity index (χ0) is 16.4. The lowest BCUT2D eigenvalue weighted by Crippen LogP contribution is -2.21. The van der Waals surface area contributed by atoms with E-state index in [9.17, 15) is 8.42 Å². The fourth-order valence-electron chi connectivity index (χ4n) is 2.69. The molecule has 124 valence electrons. The van der Waals surface area contributed by atoms with Crippen molar-refractivity contribution in [2.75, 3.05) is 20.0 Å². The summed E-state index contributed by atoms with van der Waals surface area (Å²) in [5.41, 5.74) is 0.672. The van der Waals surface area contributed by atoms with Gasteiger partial charge in [-0.15, -0.1) is 0 Å². The van der Waals surface area contributed by atoms with Crippen LogP contribution in [0.3, 0.4) is 0 Å². The summed E-state index contributed by atoms with van der Waals surface area (Å²) in [6, 6.07) is 5.23. The lowest BCUT2D eigenvalue weighted by Gasteiger charge is -2.18. The molecule has 1 aliphatic heterocycles. The summed E-state index contributed by atoms with van der Waals surface area (Å²) in [5.74, 6) is 1.80. The molecule has 23 heavy (non-hydrogen) atoms. The SMILES string of the molecule is COc1ccc(-c2noc(C3CCCCS3(=O)=O)n2)cc1OC. The highest BCUT2D eigenvalue weighted by molar-refractivity contribution is 7.91. The number of sulfone groups is 1. The van der Waals surface area contributed by atoms with Gasteiger partial charge >= 0.3 is 0 Å². The predicted octanol–water partition coefficient (Wildman–Crippen LogP) is 2.39. The van der Waals surface area contributed by atoms with Crippen LogP contribution in [0.25, 0.3) is 11.4 Å². The van der Waals surface area contributed by atoms with Gasteiger partial charge in [0, 0.05) is 5.56 Å². The summed E-state index contributed by atoms with van der Waals surface area (Å²) in [7, 11) is -0.117. The van der Waals surface area contributed by atoms with Crippen LogP contribution in [0.5, 0.6) is 11.5 Å². The molecular weight excluding hydrogens is 320 g/mol. The van der Waals surface area contributed by atoms with E-state index in [2.05, 4.69) is 10.1 Å². The summed E-state index contributed by atoms with van der Waals surface area (Å²) >= 11 is 0. The predicted molar refractivity (Wildman–Crippen MR) is 83.2 cm³/mol. The van der Waals surface area contributed by atoms with Crippen LogP contribution in [0.1, 0.15) is 30.4 Å². The molecule has 1 unspecified atom stereocenters. The first-order valence-corrected chi connectivity index (χ1v) is 9.04. The first-order chi connectivity index (χ1) is 11.0. The number of nitrogens with zero attached hydrogens (tertiary/aromatic N) is 2. The molecule has 0 bridgehead atoms. The highest BCUT2D eigenvalue weighted by Gasteiger charge is 2.34. The highest BCUT2D eigenvalue weighted by atomic mass is 32.2. The van der Waals surface area contributed by atoms with Gasteiger partial charge in [0.2, 0.25) is 11.7 Å². The molecule has 0 amide bonds. The van der Waals surface area contributed by atoms with E-state index in [0.717, 1.165) is 6.42 Å². The Morgan fingerprint density at radius 2 is 1.96 bits per heavy atom. The summed E-state index contributed by atoms with van der Waals surface area (Å²) in [6.07, 6.45) is 2.06. The summed E-state index contributed by atoms with van der Waals surface area (Å²) in [5, 5.41) is 3.21. The molecule has 1 aliphatic rings. The van der Waals surface area contributed by atoms with Gasteiger partial charge in [0.25, 0.3) is 0 Å².